The van der Waals surface area contributed by atoms with Gasteiger partial charge in [0.1, 0.15) is 0 Å². The van der Waals surface area contributed by atoms with Gasteiger partial charge >= 0.3 is 0 Å². The first-order valence-corrected chi connectivity index (χ1v) is 5.95. The molecule has 2 atom stereocenters. The van der Waals surface area contributed by atoms with E-state index < -0.39 is 0 Å². The van der Waals surface area contributed by atoms with Crippen LogP contribution in [0.15, 0.2) is 0 Å². The first-order valence-electron chi connectivity index (χ1n) is 5.95. The fraction of sp³-hybridized carbons (Fsp3) is 1.00. The summed E-state index contributed by atoms with van der Waals surface area (Å²) in [7, 11) is 2.23. The maximum atomic E-state index is 3.67. The molecule has 3 nitrogen and oxygen atoms in total. The van der Waals surface area contributed by atoms with Gasteiger partial charge in [-0.15, -0.1) is 0 Å². The molecule has 0 amide bonds. The first-order chi connectivity index (χ1) is 6.79. The van der Waals surface area contributed by atoms with Crippen LogP contribution < -0.4 is 5.32 Å². The monoisotopic (exact) mass is 197 g/mol. The molecule has 0 radical (unpaired) electrons. The molecule has 0 aromatic rings. The molecular weight excluding hydrogens is 174 g/mol. The zero-order valence-corrected chi connectivity index (χ0v) is 9.50. The third-order valence-corrected chi connectivity index (χ3v) is 3.54. The molecule has 82 valence electrons. The van der Waals surface area contributed by atoms with Crippen molar-refractivity contribution in [2.45, 2.75) is 31.8 Å². The highest BCUT2D eigenvalue weighted by Gasteiger charge is 2.30. The lowest BCUT2D eigenvalue weighted by molar-refractivity contribution is 0.0524. The molecule has 0 spiro atoms. The fourth-order valence-electron chi connectivity index (χ4n) is 2.67. The number of likely N-dealkylation sites (N-methyl/N-ethyl adjacent to an activating group) is 1. The summed E-state index contributed by atoms with van der Waals surface area (Å²) in [5.74, 6) is 0. The third kappa shape index (κ3) is 2.27. The summed E-state index contributed by atoms with van der Waals surface area (Å²) >= 11 is 0. The van der Waals surface area contributed by atoms with E-state index in [9.17, 15) is 0 Å². The molecule has 2 fully saturated rings. The highest BCUT2D eigenvalue weighted by molar-refractivity contribution is 4.90. The van der Waals surface area contributed by atoms with Crippen LogP contribution in [0.1, 0.15) is 19.8 Å². The standard InChI is InChI=1S/C11H23N3/c1-3-4-10-8-14-6-5-13(2)9-11(14)7-12-10/h10-12H,3-9H2,1-2H3. The molecule has 0 aromatic heterocycles. The number of hydrogen-bond acceptors (Lipinski definition) is 3. The largest absolute Gasteiger partial charge is 0.311 e. The van der Waals surface area contributed by atoms with Gasteiger partial charge in [0.05, 0.1) is 0 Å². The van der Waals surface area contributed by atoms with Crippen molar-refractivity contribution >= 4 is 0 Å². The minimum atomic E-state index is 0.750. The Balaban J connectivity index is 1.85. The summed E-state index contributed by atoms with van der Waals surface area (Å²) < 4.78 is 0. The molecule has 2 saturated heterocycles. The van der Waals surface area contributed by atoms with Crippen molar-refractivity contribution in [1.82, 2.24) is 15.1 Å². The van der Waals surface area contributed by atoms with E-state index in [2.05, 4.69) is 29.1 Å². The average Bonchev–Trinajstić information content (AvgIpc) is 2.19. The number of nitrogens with zero attached hydrogens (tertiary/aromatic N) is 2. The molecule has 2 unspecified atom stereocenters. The van der Waals surface area contributed by atoms with Crippen LogP contribution in [-0.4, -0.2) is 61.7 Å². The van der Waals surface area contributed by atoms with Crippen molar-refractivity contribution in [2.75, 3.05) is 39.8 Å². The van der Waals surface area contributed by atoms with Crippen molar-refractivity contribution in [2.24, 2.45) is 0 Å². The quantitative estimate of drug-likeness (QED) is 0.690. The van der Waals surface area contributed by atoms with Crippen LogP contribution in [0.5, 0.6) is 0 Å². The topological polar surface area (TPSA) is 18.5 Å². The second-order valence-corrected chi connectivity index (χ2v) is 4.80. The number of piperazine rings is 2. The Kier molecular flexibility index (Phi) is 3.42. The van der Waals surface area contributed by atoms with E-state index in [1.54, 1.807) is 0 Å². The Morgan fingerprint density at radius 2 is 2.14 bits per heavy atom. The second-order valence-electron chi connectivity index (χ2n) is 4.80. The van der Waals surface area contributed by atoms with Gasteiger partial charge < -0.3 is 10.2 Å². The number of hydrogen-bond donors (Lipinski definition) is 1. The van der Waals surface area contributed by atoms with Crippen molar-refractivity contribution in [3.05, 3.63) is 0 Å². The van der Waals surface area contributed by atoms with Crippen molar-refractivity contribution in [3.63, 3.8) is 0 Å². The van der Waals surface area contributed by atoms with Crippen LogP contribution >= 0.6 is 0 Å². The maximum Gasteiger partial charge on any atom is 0.0349 e. The normalized spacial score (nSPS) is 35.6. The summed E-state index contributed by atoms with van der Waals surface area (Å²) in [4.78, 5) is 5.12. The van der Waals surface area contributed by atoms with Gasteiger partial charge in [-0.05, 0) is 13.5 Å². The van der Waals surface area contributed by atoms with E-state index in [1.165, 1.54) is 45.6 Å². The Hall–Kier alpha value is -0.120. The molecule has 0 saturated carbocycles. The summed E-state index contributed by atoms with van der Waals surface area (Å²) in [6, 6.07) is 1.52. The summed E-state index contributed by atoms with van der Waals surface area (Å²) in [5, 5.41) is 3.67. The molecule has 2 rings (SSSR count). The van der Waals surface area contributed by atoms with Gasteiger partial charge in [0.25, 0.3) is 0 Å². The number of nitrogens with one attached hydrogen (secondary N) is 1. The van der Waals surface area contributed by atoms with E-state index in [1.807, 2.05) is 0 Å². The smallest absolute Gasteiger partial charge is 0.0349 e. The Bertz CT molecular complexity index is 183. The predicted octanol–water partition coefficient (Wildman–Crippen LogP) is 0.374. The zero-order chi connectivity index (χ0) is 9.97. The van der Waals surface area contributed by atoms with E-state index in [-0.39, 0.29) is 0 Å². The molecule has 14 heavy (non-hydrogen) atoms. The van der Waals surface area contributed by atoms with Gasteiger partial charge in [-0.1, -0.05) is 13.3 Å². The van der Waals surface area contributed by atoms with Crippen molar-refractivity contribution < 1.29 is 0 Å². The third-order valence-electron chi connectivity index (χ3n) is 3.54. The lowest BCUT2D eigenvalue weighted by atomic mass is 10.0. The molecule has 0 aliphatic carbocycles. The molecule has 2 heterocycles. The van der Waals surface area contributed by atoms with E-state index in [0.717, 1.165) is 12.1 Å². The minimum absolute atomic E-state index is 0.750. The van der Waals surface area contributed by atoms with E-state index >= 15 is 0 Å². The van der Waals surface area contributed by atoms with Crippen LogP contribution in [0, 0.1) is 0 Å². The summed E-state index contributed by atoms with van der Waals surface area (Å²) in [6.07, 6.45) is 2.63. The van der Waals surface area contributed by atoms with E-state index in [4.69, 9.17) is 0 Å². The SMILES string of the molecule is CCCC1CN2CCN(C)CC2CN1. The Morgan fingerprint density at radius 1 is 1.29 bits per heavy atom. The molecule has 1 N–H and O–H groups in total. The molecule has 0 aromatic carbocycles. The number of fused-ring (bicyclic) bond motifs is 1. The Labute approximate surface area is 87.4 Å². The second kappa shape index (κ2) is 4.60. The molecule has 2 aliphatic heterocycles. The minimum Gasteiger partial charge on any atom is -0.311 e. The molecule has 2 aliphatic rings. The highest BCUT2D eigenvalue weighted by atomic mass is 15.3. The van der Waals surface area contributed by atoms with E-state index in [0.29, 0.717) is 0 Å². The van der Waals surface area contributed by atoms with Crippen LogP contribution in [0.4, 0.5) is 0 Å². The summed E-state index contributed by atoms with van der Waals surface area (Å²) in [5.41, 5.74) is 0. The van der Waals surface area contributed by atoms with Crippen LogP contribution in [0.2, 0.25) is 0 Å². The lowest BCUT2D eigenvalue weighted by Crippen LogP contribution is -2.63. The lowest BCUT2D eigenvalue weighted by Gasteiger charge is -2.45. The average molecular weight is 197 g/mol. The van der Waals surface area contributed by atoms with Gasteiger partial charge in [0.15, 0.2) is 0 Å². The fourth-order valence-corrected chi connectivity index (χ4v) is 2.67. The predicted molar refractivity (Wildman–Crippen MR) is 59.6 cm³/mol. The highest BCUT2D eigenvalue weighted by Crippen LogP contribution is 2.14. The van der Waals surface area contributed by atoms with Crippen LogP contribution in [0.25, 0.3) is 0 Å². The van der Waals surface area contributed by atoms with Gasteiger partial charge in [-0.25, -0.2) is 0 Å². The van der Waals surface area contributed by atoms with Gasteiger partial charge in [0, 0.05) is 44.8 Å². The van der Waals surface area contributed by atoms with Crippen LogP contribution in [-0.2, 0) is 0 Å². The van der Waals surface area contributed by atoms with Gasteiger partial charge in [0.2, 0.25) is 0 Å². The van der Waals surface area contributed by atoms with Gasteiger partial charge in [-0.2, -0.15) is 0 Å². The first kappa shape index (κ1) is 10.4. The Morgan fingerprint density at radius 3 is 2.93 bits per heavy atom. The molecular formula is C11H23N3. The summed E-state index contributed by atoms with van der Waals surface area (Å²) in [6.45, 7) is 8.49. The van der Waals surface area contributed by atoms with Crippen molar-refractivity contribution in [1.29, 1.82) is 0 Å². The van der Waals surface area contributed by atoms with Crippen molar-refractivity contribution in [3.8, 4) is 0 Å². The van der Waals surface area contributed by atoms with Crippen LogP contribution in [0.3, 0.4) is 0 Å². The molecule has 3 heteroatoms. The van der Waals surface area contributed by atoms with Gasteiger partial charge in [-0.3, -0.25) is 4.90 Å². The molecule has 0 bridgehead atoms. The zero-order valence-electron chi connectivity index (χ0n) is 9.50. The maximum absolute atomic E-state index is 3.67. The number of rotatable bonds is 2.